The van der Waals surface area contributed by atoms with Gasteiger partial charge >= 0.3 is 5.69 Å². The van der Waals surface area contributed by atoms with E-state index in [1.165, 1.54) is 0 Å². The number of aliphatic hydroxyl groups is 1. The Balaban J connectivity index is 1.50. The number of hydrogen-bond donors (Lipinski definition) is 2. The van der Waals surface area contributed by atoms with Gasteiger partial charge in [-0.3, -0.25) is 14.2 Å². The van der Waals surface area contributed by atoms with Crippen LogP contribution >= 0.6 is 11.6 Å². The number of para-hydroxylation sites is 1. The molecular weight excluding hydrogens is 394 g/mol. The summed E-state index contributed by atoms with van der Waals surface area (Å²) in [6.07, 6.45) is 0.729. The lowest BCUT2D eigenvalue weighted by molar-refractivity contribution is -0.136. The molecule has 4 rings (SSSR count). The Morgan fingerprint density at radius 3 is 2.41 bits per heavy atom. The average molecular weight is 414 g/mol. The van der Waals surface area contributed by atoms with Crippen molar-refractivity contribution in [3.05, 3.63) is 80.0 Å². The average Bonchev–Trinajstić information content (AvgIpc) is 2.72. The number of H-pyrrole nitrogens is 1. The second-order valence-corrected chi connectivity index (χ2v) is 7.72. The van der Waals surface area contributed by atoms with Gasteiger partial charge in [0.1, 0.15) is 6.54 Å². The number of carbonyl (C=O) groups is 1. The van der Waals surface area contributed by atoms with Gasteiger partial charge in [-0.05, 0) is 42.7 Å². The van der Waals surface area contributed by atoms with Gasteiger partial charge in [-0.1, -0.05) is 35.9 Å². The molecule has 1 aliphatic heterocycles. The first-order valence-electron chi connectivity index (χ1n) is 9.35. The van der Waals surface area contributed by atoms with E-state index in [2.05, 4.69) is 4.98 Å². The number of carbonyl (C=O) groups excluding carboxylic acids is 1. The van der Waals surface area contributed by atoms with E-state index in [0.717, 1.165) is 10.1 Å². The van der Waals surface area contributed by atoms with Crippen molar-refractivity contribution >= 4 is 28.4 Å². The van der Waals surface area contributed by atoms with Gasteiger partial charge in [0.15, 0.2) is 0 Å². The molecule has 150 valence electrons. The number of hydrogen-bond acceptors (Lipinski definition) is 4. The Labute approximate surface area is 171 Å². The van der Waals surface area contributed by atoms with E-state index in [1.807, 2.05) is 0 Å². The van der Waals surface area contributed by atoms with Crippen molar-refractivity contribution < 1.29 is 9.90 Å². The zero-order valence-corrected chi connectivity index (χ0v) is 16.4. The first-order chi connectivity index (χ1) is 13.9. The maximum atomic E-state index is 12.7. The lowest BCUT2D eigenvalue weighted by atomic mass is 9.84. The molecule has 8 heteroatoms. The van der Waals surface area contributed by atoms with Crippen LogP contribution in [0.4, 0.5) is 0 Å². The Hall–Kier alpha value is -2.90. The number of piperidine rings is 1. The molecule has 1 aromatic heterocycles. The fourth-order valence-corrected chi connectivity index (χ4v) is 3.88. The molecule has 0 saturated carbocycles. The lowest BCUT2D eigenvalue weighted by Gasteiger charge is -2.38. The highest BCUT2D eigenvalue weighted by atomic mass is 35.5. The third-order valence-electron chi connectivity index (χ3n) is 5.51. The van der Waals surface area contributed by atoms with E-state index in [-0.39, 0.29) is 12.5 Å². The quantitative estimate of drug-likeness (QED) is 0.685. The number of halogens is 1. The fourth-order valence-electron chi connectivity index (χ4n) is 3.75. The van der Waals surface area contributed by atoms with Crippen molar-refractivity contribution in [2.24, 2.45) is 0 Å². The van der Waals surface area contributed by atoms with Crippen LogP contribution in [-0.4, -0.2) is 38.6 Å². The molecule has 1 fully saturated rings. The van der Waals surface area contributed by atoms with Gasteiger partial charge in [-0.25, -0.2) is 4.79 Å². The Bertz CT molecular complexity index is 1170. The molecule has 0 atom stereocenters. The molecule has 29 heavy (non-hydrogen) atoms. The number of aromatic nitrogens is 2. The topological polar surface area (TPSA) is 95.4 Å². The predicted octanol–water partition coefficient (Wildman–Crippen LogP) is 1.85. The highest BCUT2D eigenvalue weighted by Crippen LogP contribution is 2.33. The minimum absolute atomic E-state index is 0.328. The number of nitrogens with zero attached hydrogens (tertiary/aromatic N) is 2. The van der Waals surface area contributed by atoms with Crippen molar-refractivity contribution in [3.8, 4) is 0 Å². The Kier molecular flexibility index (Phi) is 5.02. The summed E-state index contributed by atoms with van der Waals surface area (Å²) in [4.78, 5) is 41.8. The van der Waals surface area contributed by atoms with Gasteiger partial charge in [0.05, 0.1) is 16.5 Å². The van der Waals surface area contributed by atoms with E-state index < -0.39 is 16.9 Å². The predicted molar refractivity (Wildman–Crippen MR) is 110 cm³/mol. The minimum Gasteiger partial charge on any atom is -0.385 e. The number of nitrogens with one attached hydrogen (secondary N) is 1. The summed E-state index contributed by atoms with van der Waals surface area (Å²) in [6.45, 7) is 0.328. The van der Waals surface area contributed by atoms with E-state index in [4.69, 9.17) is 11.6 Å². The van der Waals surface area contributed by atoms with Crippen LogP contribution in [-0.2, 0) is 16.9 Å². The van der Waals surface area contributed by atoms with Gasteiger partial charge in [-0.2, -0.15) is 0 Å². The number of aromatic amines is 1. The van der Waals surface area contributed by atoms with Crippen LogP contribution in [0.5, 0.6) is 0 Å². The number of benzene rings is 2. The zero-order valence-electron chi connectivity index (χ0n) is 15.6. The van der Waals surface area contributed by atoms with E-state index in [9.17, 15) is 19.5 Å². The first kappa shape index (κ1) is 19.4. The second kappa shape index (κ2) is 7.50. The van der Waals surface area contributed by atoms with Crippen LogP contribution in [0.15, 0.2) is 58.1 Å². The smallest absolute Gasteiger partial charge is 0.329 e. The highest BCUT2D eigenvalue weighted by molar-refractivity contribution is 6.30. The lowest BCUT2D eigenvalue weighted by Crippen LogP contribution is -2.48. The molecule has 0 aliphatic carbocycles. The largest absolute Gasteiger partial charge is 0.385 e. The van der Waals surface area contributed by atoms with Crippen molar-refractivity contribution in [3.63, 3.8) is 0 Å². The third-order valence-corrected chi connectivity index (χ3v) is 5.76. The maximum Gasteiger partial charge on any atom is 0.329 e. The number of rotatable bonds is 3. The van der Waals surface area contributed by atoms with Crippen molar-refractivity contribution in [2.75, 3.05) is 13.1 Å². The van der Waals surface area contributed by atoms with Crippen LogP contribution in [0.3, 0.4) is 0 Å². The summed E-state index contributed by atoms with van der Waals surface area (Å²) in [5.41, 5.74) is -0.934. The monoisotopic (exact) mass is 413 g/mol. The number of amides is 1. The fraction of sp³-hybridized carbons (Fsp3) is 0.286. The standard InChI is InChI=1S/C21H20ClN3O4/c22-15-7-5-14(6-8-15)21(29)9-11-24(12-10-21)18(26)13-25-19(27)16-3-1-2-4-17(16)23-20(25)28/h1-8,29H,9-13H2,(H,23,28). The minimum atomic E-state index is -1.03. The molecule has 1 aliphatic rings. The van der Waals surface area contributed by atoms with Gasteiger partial charge in [0.2, 0.25) is 5.91 Å². The Morgan fingerprint density at radius 1 is 1.07 bits per heavy atom. The van der Waals surface area contributed by atoms with E-state index >= 15 is 0 Å². The summed E-state index contributed by atoms with van der Waals surface area (Å²) in [6, 6.07) is 13.7. The zero-order chi connectivity index (χ0) is 20.6. The van der Waals surface area contributed by atoms with Crippen LogP contribution in [0.2, 0.25) is 5.02 Å². The SMILES string of the molecule is O=C(Cn1c(=O)[nH]c2ccccc2c1=O)N1CCC(O)(c2ccc(Cl)cc2)CC1. The van der Waals surface area contributed by atoms with Crippen LogP contribution in [0, 0.1) is 0 Å². The number of fused-ring (bicyclic) bond motifs is 1. The van der Waals surface area contributed by atoms with Crippen LogP contribution in [0.1, 0.15) is 18.4 Å². The van der Waals surface area contributed by atoms with Gasteiger partial charge in [0, 0.05) is 18.1 Å². The van der Waals surface area contributed by atoms with Crippen LogP contribution < -0.4 is 11.2 Å². The van der Waals surface area contributed by atoms with Crippen molar-refractivity contribution in [2.45, 2.75) is 25.0 Å². The molecule has 0 bridgehead atoms. The molecule has 3 aromatic rings. The molecule has 0 spiro atoms. The normalized spacial score (nSPS) is 16.1. The van der Waals surface area contributed by atoms with Gasteiger partial charge in [-0.15, -0.1) is 0 Å². The maximum absolute atomic E-state index is 12.7. The molecule has 0 unspecified atom stereocenters. The summed E-state index contributed by atoms with van der Waals surface area (Å²) < 4.78 is 0.921. The van der Waals surface area contributed by atoms with Crippen molar-refractivity contribution in [1.29, 1.82) is 0 Å². The van der Waals surface area contributed by atoms with Crippen LogP contribution in [0.25, 0.3) is 10.9 Å². The molecule has 7 nitrogen and oxygen atoms in total. The molecule has 0 radical (unpaired) electrons. The Morgan fingerprint density at radius 2 is 1.72 bits per heavy atom. The highest BCUT2D eigenvalue weighted by Gasteiger charge is 2.35. The van der Waals surface area contributed by atoms with Crippen molar-refractivity contribution in [1.82, 2.24) is 14.5 Å². The number of likely N-dealkylation sites (tertiary alicyclic amines) is 1. The molecule has 2 heterocycles. The third kappa shape index (κ3) is 3.71. The van der Waals surface area contributed by atoms with Gasteiger partial charge in [0.25, 0.3) is 5.56 Å². The molecule has 1 saturated heterocycles. The summed E-state index contributed by atoms with van der Waals surface area (Å²) >= 11 is 5.91. The van der Waals surface area contributed by atoms with Gasteiger partial charge < -0.3 is 15.0 Å². The second-order valence-electron chi connectivity index (χ2n) is 7.29. The summed E-state index contributed by atoms with van der Waals surface area (Å²) in [7, 11) is 0. The van der Waals surface area contributed by atoms with E-state index in [1.54, 1.807) is 53.4 Å². The molecule has 2 aromatic carbocycles. The summed E-state index contributed by atoms with van der Waals surface area (Å²) in [5, 5.41) is 11.9. The molecule has 2 N–H and O–H groups in total. The van der Waals surface area contributed by atoms with E-state index in [0.29, 0.717) is 41.9 Å². The first-order valence-corrected chi connectivity index (χ1v) is 9.73. The molecule has 1 amide bonds. The molecular formula is C21H20ClN3O4. The summed E-state index contributed by atoms with van der Waals surface area (Å²) in [5.74, 6) is -0.328.